The summed E-state index contributed by atoms with van der Waals surface area (Å²) in [5, 5.41) is 15.1. The zero-order valence-corrected chi connectivity index (χ0v) is 15.4. The van der Waals surface area contributed by atoms with Crippen molar-refractivity contribution in [3.05, 3.63) is 67.6 Å². The highest BCUT2D eigenvalue weighted by molar-refractivity contribution is 9.10. The van der Waals surface area contributed by atoms with E-state index in [-0.39, 0.29) is 12.3 Å². The molecule has 0 saturated carbocycles. The molecule has 0 bridgehead atoms. The van der Waals surface area contributed by atoms with E-state index in [1.54, 1.807) is 37.3 Å². The van der Waals surface area contributed by atoms with Crippen molar-refractivity contribution in [3.8, 4) is 5.75 Å². The Kier molecular flexibility index (Phi) is 6.49. The zero-order valence-electron chi connectivity index (χ0n) is 13.0. The summed E-state index contributed by atoms with van der Waals surface area (Å²) >= 11 is 9.12. The van der Waals surface area contributed by atoms with Crippen molar-refractivity contribution in [3.63, 3.8) is 0 Å². The number of ether oxygens (including phenoxy) is 1. The second kappa shape index (κ2) is 8.59. The second-order valence-electron chi connectivity index (χ2n) is 4.90. The number of benzene rings is 2. The average molecular weight is 427 g/mol. The van der Waals surface area contributed by atoms with Gasteiger partial charge in [0.25, 0.3) is 11.6 Å². The molecule has 130 valence electrons. The molecule has 1 amide bonds. The van der Waals surface area contributed by atoms with Gasteiger partial charge in [0, 0.05) is 17.2 Å². The van der Waals surface area contributed by atoms with Crippen LogP contribution in [0.5, 0.6) is 5.75 Å². The first-order valence-electron chi connectivity index (χ1n) is 7.02. The van der Waals surface area contributed by atoms with E-state index in [4.69, 9.17) is 16.3 Å². The van der Waals surface area contributed by atoms with E-state index in [1.807, 2.05) is 0 Å². The molecule has 0 atom stereocenters. The van der Waals surface area contributed by atoms with Crippen molar-refractivity contribution in [2.75, 3.05) is 6.61 Å². The fourth-order valence-electron chi connectivity index (χ4n) is 1.80. The molecule has 2 aromatic rings. The normalized spacial score (nSPS) is 11.1. The Balaban J connectivity index is 1.91. The molecule has 25 heavy (non-hydrogen) atoms. The fraction of sp³-hybridized carbons (Fsp3) is 0.125. The number of halogens is 2. The summed E-state index contributed by atoms with van der Waals surface area (Å²) in [4.78, 5) is 21.9. The lowest BCUT2D eigenvalue weighted by Crippen LogP contribution is -2.25. The highest BCUT2D eigenvalue weighted by atomic mass is 79.9. The van der Waals surface area contributed by atoms with E-state index in [1.165, 1.54) is 12.1 Å². The topological polar surface area (TPSA) is 93.8 Å². The lowest BCUT2D eigenvalue weighted by Gasteiger charge is -2.08. The molecule has 1 N–H and O–H groups in total. The number of hydrogen-bond acceptors (Lipinski definition) is 5. The summed E-state index contributed by atoms with van der Waals surface area (Å²) in [7, 11) is 0. The number of amides is 1. The maximum atomic E-state index is 11.8. The standard InChI is InChI=1S/C16H13BrClN3O4/c1-10(11-2-5-13(6-3-11)21(23)24)19-20-16(22)9-25-15-7-4-12(18)8-14(15)17/h2-8H,9H2,1H3,(H,20,22). The van der Waals surface area contributed by atoms with Crippen molar-refractivity contribution in [2.45, 2.75) is 6.92 Å². The molecule has 0 aliphatic heterocycles. The molecule has 2 aromatic carbocycles. The third kappa shape index (κ3) is 5.54. The Morgan fingerprint density at radius 3 is 2.60 bits per heavy atom. The van der Waals surface area contributed by atoms with Crippen LogP contribution in [0.4, 0.5) is 5.69 Å². The number of nitrogens with zero attached hydrogens (tertiary/aromatic N) is 2. The number of rotatable bonds is 6. The van der Waals surface area contributed by atoms with Gasteiger partial charge in [-0.1, -0.05) is 11.6 Å². The lowest BCUT2D eigenvalue weighted by molar-refractivity contribution is -0.384. The van der Waals surface area contributed by atoms with Gasteiger partial charge < -0.3 is 4.74 Å². The molecule has 0 aliphatic rings. The third-order valence-corrected chi connectivity index (χ3v) is 3.95. The van der Waals surface area contributed by atoms with Crippen LogP contribution in [0.15, 0.2) is 52.0 Å². The lowest BCUT2D eigenvalue weighted by atomic mass is 10.1. The highest BCUT2D eigenvalue weighted by Gasteiger charge is 2.08. The second-order valence-corrected chi connectivity index (χ2v) is 6.19. The molecule has 0 fully saturated rings. The third-order valence-electron chi connectivity index (χ3n) is 3.10. The maximum Gasteiger partial charge on any atom is 0.277 e. The van der Waals surface area contributed by atoms with E-state index in [0.29, 0.717) is 26.5 Å². The van der Waals surface area contributed by atoms with E-state index in [0.717, 1.165) is 0 Å². The van der Waals surface area contributed by atoms with Gasteiger partial charge in [0.1, 0.15) is 5.75 Å². The highest BCUT2D eigenvalue weighted by Crippen LogP contribution is 2.27. The molecule has 0 unspecified atom stereocenters. The first kappa shape index (κ1) is 18.9. The van der Waals surface area contributed by atoms with Crippen LogP contribution >= 0.6 is 27.5 Å². The number of hydrazone groups is 1. The van der Waals surface area contributed by atoms with Gasteiger partial charge in [-0.05, 0) is 58.7 Å². The van der Waals surface area contributed by atoms with Crippen LogP contribution in [0.3, 0.4) is 0 Å². The first-order valence-corrected chi connectivity index (χ1v) is 8.19. The van der Waals surface area contributed by atoms with Crippen LogP contribution in [0.1, 0.15) is 12.5 Å². The summed E-state index contributed by atoms with van der Waals surface area (Å²) < 4.78 is 6.01. The number of non-ortho nitro benzene ring substituents is 1. The quantitative estimate of drug-likeness (QED) is 0.430. The Morgan fingerprint density at radius 2 is 2.00 bits per heavy atom. The van der Waals surface area contributed by atoms with Gasteiger partial charge in [-0.15, -0.1) is 0 Å². The Morgan fingerprint density at radius 1 is 1.32 bits per heavy atom. The zero-order chi connectivity index (χ0) is 18.4. The van der Waals surface area contributed by atoms with E-state index >= 15 is 0 Å². The maximum absolute atomic E-state index is 11.8. The molecule has 0 heterocycles. The van der Waals surface area contributed by atoms with E-state index < -0.39 is 10.8 Å². The first-order chi connectivity index (χ1) is 11.9. The average Bonchev–Trinajstić information content (AvgIpc) is 2.59. The minimum Gasteiger partial charge on any atom is -0.483 e. The van der Waals surface area contributed by atoms with Crippen LogP contribution in [-0.4, -0.2) is 23.1 Å². The van der Waals surface area contributed by atoms with E-state index in [9.17, 15) is 14.9 Å². The summed E-state index contributed by atoms with van der Waals surface area (Å²) in [6.07, 6.45) is 0. The van der Waals surface area contributed by atoms with Gasteiger partial charge in [0.2, 0.25) is 0 Å². The smallest absolute Gasteiger partial charge is 0.277 e. The van der Waals surface area contributed by atoms with Crippen molar-refractivity contribution >= 4 is 44.8 Å². The van der Waals surface area contributed by atoms with Crippen LogP contribution in [0.2, 0.25) is 5.02 Å². The SMILES string of the molecule is CC(=NNC(=O)COc1ccc(Cl)cc1Br)c1ccc([N+](=O)[O-])cc1. The molecule has 7 nitrogen and oxygen atoms in total. The number of carbonyl (C=O) groups is 1. The Hall–Kier alpha value is -2.45. The molecule has 0 spiro atoms. The number of nitrogens with one attached hydrogen (secondary N) is 1. The Labute approximate surface area is 156 Å². The molecule has 2 rings (SSSR count). The summed E-state index contributed by atoms with van der Waals surface area (Å²) in [6.45, 7) is 1.45. The van der Waals surface area contributed by atoms with Gasteiger partial charge in [-0.2, -0.15) is 5.10 Å². The molecule has 0 aliphatic carbocycles. The van der Waals surface area contributed by atoms with Crippen LogP contribution in [0, 0.1) is 10.1 Å². The van der Waals surface area contributed by atoms with Gasteiger partial charge >= 0.3 is 0 Å². The van der Waals surface area contributed by atoms with Crippen LogP contribution < -0.4 is 10.2 Å². The summed E-state index contributed by atoms with van der Waals surface area (Å²) in [5.74, 6) is 0.0405. The minimum absolute atomic E-state index is 0.0115. The number of hydrogen-bond donors (Lipinski definition) is 1. The molecule has 0 aromatic heterocycles. The predicted molar refractivity (Wildman–Crippen MR) is 98.1 cm³/mol. The molecule has 0 saturated heterocycles. The van der Waals surface area contributed by atoms with Crippen molar-refractivity contribution in [2.24, 2.45) is 5.10 Å². The number of nitro groups is 1. The minimum atomic E-state index is -0.482. The fourth-order valence-corrected chi connectivity index (χ4v) is 2.60. The predicted octanol–water partition coefficient (Wildman–Crippen LogP) is 3.93. The summed E-state index contributed by atoms with van der Waals surface area (Å²) in [6, 6.07) is 10.8. The largest absolute Gasteiger partial charge is 0.483 e. The van der Waals surface area contributed by atoms with Gasteiger partial charge in [0.15, 0.2) is 6.61 Å². The van der Waals surface area contributed by atoms with E-state index in [2.05, 4.69) is 26.5 Å². The number of carbonyl (C=O) groups excluding carboxylic acids is 1. The van der Waals surface area contributed by atoms with Crippen molar-refractivity contribution < 1.29 is 14.5 Å². The van der Waals surface area contributed by atoms with Crippen molar-refractivity contribution in [1.29, 1.82) is 0 Å². The summed E-state index contributed by atoms with van der Waals surface area (Å²) in [5.41, 5.74) is 3.53. The van der Waals surface area contributed by atoms with Gasteiger partial charge in [-0.3, -0.25) is 14.9 Å². The van der Waals surface area contributed by atoms with Gasteiger partial charge in [0.05, 0.1) is 15.1 Å². The van der Waals surface area contributed by atoms with Crippen molar-refractivity contribution in [1.82, 2.24) is 5.43 Å². The monoisotopic (exact) mass is 425 g/mol. The molecule has 0 radical (unpaired) electrons. The molecular weight excluding hydrogens is 414 g/mol. The van der Waals surface area contributed by atoms with Crippen LogP contribution in [-0.2, 0) is 4.79 Å². The molecular formula is C16H13BrClN3O4. The van der Waals surface area contributed by atoms with Gasteiger partial charge in [-0.25, -0.2) is 5.43 Å². The Bertz CT molecular complexity index is 825. The number of nitro benzene ring substituents is 1. The van der Waals surface area contributed by atoms with Crippen LogP contribution in [0.25, 0.3) is 0 Å². The molecule has 9 heteroatoms.